The third-order valence-corrected chi connectivity index (χ3v) is 6.03. The van der Waals surface area contributed by atoms with Crippen molar-refractivity contribution in [2.45, 2.75) is 63.3 Å². The zero-order valence-electron chi connectivity index (χ0n) is 19.8. The highest BCUT2D eigenvalue weighted by atomic mass is 19.4. The van der Waals surface area contributed by atoms with Gasteiger partial charge in [-0.15, -0.1) is 0 Å². The maximum atomic E-state index is 12.9. The van der Waals surface area contributed by atoms with Crippen molar-refractivity contribution in [2.75, 3.05) is 6.54 Å². The largest absolute Gasteiger partial charge is 0.481 e. The highest BCUT2D eigenvalue weighted by molar-refractivity contribution is 5.79. The van der Waals surface area contributed by atoms with Crippen LogP contribution in [0.15, 0.2) is 60.7 Å². The fraction of sp³-hybridized carbons (Fsp3) is 0.407. The number of alkyl halides is 3. The van der Waals surface area contributed by atoms with Gasteiger partial charge in [-0.3, -0.25) is 9.59 Å². The number of aliphatic hydroxyl groups excluding tert-OH is 1. The molecule has 2 atom stereocenters. The van der Waals surface area contributed by atoms with Gasteiger partial charge in [-0.2, -0.15) is 13.2 Å². The van der Waals surface area contributed by atoms with Crippen molar-refractivity contribution in [1.82, 2.24) is 4.90 Å². The molecule has 3 rings (SSSR count). The van der Waals surface area contributed by atoms with Gasteiger partial charge in [-0.25, -0.2) is 0 Å². The Morgan fingerprint density at radius 1 is 1.08 bits per heavy atom. The zero-order chi connectivity index (χ0) is 26.1. The van der Waals surface area contributed by atoms with E-state index in [1.165, 1.54) is 12.1 Å². The van der Waals surface area contributed by atoms with E-state index in [1.807, 2.05) is 0 Å². The number of rotatable bonds is 12. The van der Waals surface area contributed by atoms with Crippen molar-refractivity contribution >= 4 is 11.9 Å². The molecule has 1 amide bonds. The molecule has 0 spiro atoms. The molecule has 1 heterocycles. The second kappa shape index (κ2) is 12.6. The van der Waals surface area contributed by atoms with Gasteiger partial charge in [0, 0.05) is 19.4 Å². The average molecular weight is 506 g/mol. The standard InChI is InChI=1S/C27H30F3NO5/c28-27(29,30)20-8-6-10-23(18-20)36-22-9-5-7-19(17-22)24(32)14-12-21-13-15-25(33)31(21)16-4-2-1-3-11-26(34)35/h5-10,12,14,17-18,21,24,32H,1-4,11,13,15-16H2,(H,34,35)/t21-,24?/m0/s1. The number of carbonyl (C=O) groups excluding carboxylic acids is 1. The van der Waals surface area contributed by atoms with E-state index < -0.39 is 23.8 Å². The molecule has 0 bridgehead atoms. The predicted octanol–water partition coefficient (Wildman–Crippen LogP) is 6.11. The van der Waals surface area contributed by atoms with Gasteiger partial charge in [-0.05, 0) is 55.2 Å². The molecule has 6 nitrogen and oxygen atoms in total. The van der Waals surface area contributed by atoms with E-state index in [2.05, 4.69) is 0 Å². The topological polar surface area (TPSA) is 87.1 Å². The lowest BCUT2D eigenvalue weighted by Gasteiger charge is -2.22. The molecule has 1 saturated heterocycles. The first-order chi connectivity index (χ1) is 17.1. The third kappa shape index (κ3) is 8.12. The Morgan fingerprint density at radius 3 is 2.50 bits per heavy atom. The number of aliphatic carboxylic acids is 1. The second-order valence-corrected chi connectivity index (χ2v) is 8.78. The van der Waals surface area contributed by atoms with Crippen LogP contribution in [0.3, 0.4) is 0 Å². The van der Waals surface area contributed by atoms with Crippen LogP contribution >= 0.6 is 0 Å². The Morgan fingerprint density at radius 2 is 1.78 bits per heavy atom. The molecule has 0 aromatic heterocycles. The molecule has 2 aromatic rings. The summed E-state index contributed by atoms with van der Waals surface area (Å²) < 4.78 is 44.4. The summed E-state index contributed by atoms with van der Waals surface area (Å²) in [5.41, 5.74) is -0.305. The van der Waals surface area contributed by atoms with Gasteiger partial charge < -0.3 is 19.8 Å². The molecule has 0 saturated carbocycles. The van der Waals surface area contributed by atoms with E-state index in [1.54, 1.807) is 41.3 Å². The van der Waals surface area contributed by atoms with E-state index in [0.717, 1.165) is 31.4 Å². The number of carbonyl (C=O) groups is 2. The van der Waals surface area contributed by atoms with Crippen LogP contribution in [-0.2, 0) is 15.8 Å². The van der Waals surface area contributed by atoms with Crippen LogP contribution in [0.4, 0.5) is 13.2 Å². The number of hydrogen-bond acceptors (Lipinski definition) is 4. The number of carboxylic acid groups (broad SMARTS) is 1. The molecule has 1 unspecified atom stereocenters. The monoisotopic (exact) mass is 505 g/mol. The molecule has 1 aliphatic heterocycles. The molecule has 2 aromatic carbocycles. The average Bonchev–Trinajstić information content (AvgIpc) is 3.18. The lowest BCUT2D eigenvalue weighted by Crippen LogP contribution is -2.32. The quantitative estimate of drug-likeness (QED) is 0.268. The van der Waals surface area contributed by atoms with Gasteiger partial charge in [0.15, 0.2) is 0 Å². The summed E-state index contributed by atoms with van der Waals surface area (Å²) in [5.74, 6) is -0.419. The van der Waals surface area contributed by atoms with Crippen molar-refractivity contribution in [1.29, 1.82) is 0 Å². The molecule has 0 radical (unpaired) electrons. The summed E-state index contributed by atoms with van der Waals surface area (Å²) >= 11 is 0. The van der Waals surface area contributed by atoms with Crippen LogP contribution in [0.5, 0.6) is 11.5 Å². The number of amides is 1. The molecular formula is C27H30F3NO5. The minimum atomic E-state index is -4.47. The Balaban J connectivity index is 1.57. The van der Waals surface area contributed by atoms with E-state index in [4.69, 9.17) is 9.84 Å². The summed E-state index contributed by atoms with van der Waals surface area (Å²) in [6, 6.07) is 10.9. The Hall–Kier alpha value is -3.33. The molecule has 2 N–H and O–H groups in total. The smallest absolute Gasteiger partial charge is 0.416 e. The maximum absolute atomic E-state index is 12.9. The second-order valence-electron chi connectivity index (χ2n) is 8.78. The third-order valence-electron chi connectivity index (χ3n) is 6.03. The van der Waals surface area contributed by atoms with Gasteiger partial charge in [0.05, 0.1) is 17.7 Å². The summed E-state index contributed by atoms with van der Waals surface area (Å²) in [5, 5.41) is 19.3. The fourth-order valence-electron chi connectivity index (χ4n) is 4.14. The molecule has 9 heteroatoms. The molecular weight excluding hydrogens is 475 g/mol. The summed E-state index contributed by atoms with van der Waals surface area (Å²) in [4.78, 5) is 24.6. The first-order valence-electron chi connectivity index (χ1n) is 12.0. The van der Waals surface area contributed by atoms with Gasteiger partial charge >= 0.3 is 12.1 Å². The van der Waals surface area contributed by atoms with Crippen molar-refractivity contribution in [3.63, 3.8) is 0 Å². The number of nitrogens with zero attached hydrogens (tertiary/aromatic N) is 1. The number of aliphatic hydroxyl groups is 1. The van der Waals surface area contributed by atoms with Gasteiger partial charge in [0.25, 0.3) is 0 Å². The van der Waals surface area contributed by atoms with Crippen LogP contribution in [0.25, 0.3) is 0 Å². The Labute approximate surface area is 208 Å². The van der Waals surface area contributed by atoms with E-state index in [0.29, 0.717) is 37.1 Å². The van der Waals surface area contributed by atoms with Crippen molar-refractivity contribution < 1.29 is 37.7 Å². The number of carboxylic acids is 1. The van der Waals surface area contributed by atoms with E-state index >= 15 is 0 Å². The van der Waals surface area contributed by atoms with Gasteiger partial charge in [0.1, 0.15) is 11.5 Å². The first-order valence-corrected chi connectivity index (χ1v) is 12.0. The summed E-state index contributed by atoms with van der Waals surface area (Å²) in [6.45, 7) is 0.581. The van der Waals surface area contributed by atoms with Crippen molar-refractivity contribution in [3.8, 4) is 11.5 Å². The van der Waals surface area contributed by atoms with Crippen LogP contribution in [0.2, 0.25) is 0 Å². The van der Waals surface area contributed by atoms with Crippen molar-refractivity contribution in [2.24, 2.45) is 0 Å². The number of likely N-dealkylation sites (tertiary alicyclic amines) is 1. The predicted molar refractivity (Wildman–Crippen MR) is 128 cm³/mol. The number of ether oxygens (including phenoxy) is 1. The van der Waals surface area contributed by atoms with Crippen LogP contribution in [0, 0.1) is 0 Å². The molecule has 36 heavy (non-hydrogen) atoms. The van der Waals surface area contributed by atoms with Crippen LogP contribution in [-0.4, -0.2) is 39.6 Å². The number of halogens is 3. The molecule has 0 aliphatic carbocycles. The first kappa shape index (κ1) is 27.3. The number of unbranched alkanes of at least 4 members (excludes halogenated alkanes) is 3. The molecule has 194 valence electrons. The van der Waals surface area contributed by atoms with Crippen LogP contribution in [0.1, 0.15) is 62.2 Å². The minimum absolute atomic E-state index is 0.0371. The van der Waals surface area contributed by atoms with E-state index in [-0.39, 0.29) is 24.1 Å². The lowest BCUT2D eigenvalue weighted by molar-refractivity contribution is -0.138. The molecule has 1 fully saturated rings. The summed E-state index contributed by atoms with van der Waals surface area (Å²) in [7, 11) is 0. The Kier molecular flexibility index (Phi) is 9.52. The molecule has 1 aliphatic rings. The lowest BCUT2D eigenvalue weighted by atomic mass is 10.1. The number of benzene rings is 2. The maximum Gasteiger partial charge on any atom is 0.416 e. The van der Waals surface area contributed by atoms with Crippen LogP contribution < -0.4 is 4.74 Å². The minimum Gasteiger partial charge on any atom is -0.481 e. The highest BCUT2D eigenvalue weighted by Crippen LogP contribution is 2.33. The fourth-order valence-corrected chi connectivity index (χ4v) is 4.14. The van der Waals surface area contributed by atoms with Gasteiger partial charge in [-0.1, -0.05) is 43.2 Å². The summed E-state index contributed by atoms with van der Waals surface area (Å²) in [6.07, 6.45) is 2.24. The SMILES string of the molecule is O=C(O)CCCCCCN1C(=O)CC[C@@H]1C=CC(O)c1cccc(Oc2cccc(C(F)(F)F)c2)c1. The normalized spacial score (nSPS) is 17.1. The van der Waals surface area contributed by atoms with Gasteiger partial charge in [0.2, 0.25) is 5.91 Å². The zero-order valence-corrected chi connectivity index (χ0v) is 19.8. The Bertz CT molecular complexity index is 1070. The van der Waals surface area contributed by atoms with E-state index in [9.17, 15) is 27.9 Å². The van der Waals surface area contributed by atoms with Crippen molar-refractivity contribution in [3.05, 3.63) is 71.8 Å². The number of hydrogen-bond donors (Lipinski definition) is 2. The highest BCUT2D eigenvalue weighted by Gasteiger charge is 2.31.